The van der Waals surface area contributed by atoms with Gasteiger partial charge in [0.15, 0.2) is 0 Å². The Morgan fingerprint density at radius 2 is 2.00 bits per heavy atom. The Balaban J connectivity index is 2.78. The average molecular weight is 333 g/mol. The first-order valence-electron chi connectivity index (χ1n) is 7.55. The second kappa shape index (κ2) is 8.27. The molecule has 0 aliphatic carbocycles. The molecule has 21 heavy (non-hydrogen) atoms. The molecule has 0 aliphatic heterocycles. The van der Waals surface area contributed by atoms with E-state index in [0.717, 1.165) is 30.8 Å². The fourth-order valence-corrected chi connectivity index (χ4v) is 4.82. The minimum absolute atomic E-state index is 0.0107. The summed E-state index contributed by atoms with van der Waals surface area (Å²) in [6.07, 6.45) is 1.94. The summed E-state index contributed by atoms with van der Waals surface area (Å²) in [5.41, 5.74) is 0. The smallest absolute Gasteiger partial charge is 0.243 e. The lowest BCUT2D eigenvalue weighted by Crippen LogP contribution is -2.35. The van der Waals surface area contributed by atoms with Crippen LogP contribution in [0, 0.1) is 5.92 Å². The largest absolute Gasteiger partial charge is 0.312 e. The maximum atomic E-state index is 12.6. The van der Waals surface area contributed by atoms with Gasteiger partial charge in [0.1, 0.15) is 0 Å². The molecule has 1 atom stereocenters. The quantitative estimate of drug-likeness (QED) is 0.706. The van der Waals surface area contributed by atoms with Gasteiger partial charge >= 0.3 is 0 Å². The van der Waals surface area contributed by atoms with Crippen molar-refractivity contribution >= 4 is 21.4 Å². The van der Waals surface area contributed by atoms with Gasteiger partial charge in [0, 0.05) is 29.9 Å². The van der Waals surface area contributed by atoms with Crippen molar-refractivity contribution in [3.63, 3.8) is 0 Å². The molecule has 4 nitrogen and oxygen atoms in total. The molecule has 0 bridgehead atoms. The SMILES string of the molecule is CCCNCc1cc(S(=O)(=O)N(C)C(C)CC(C)C)cs1. The van der Waals surface area contributed by atoms with E-state index in [1.807, 2.05) is 6.92 Å². The van der Waals surface area contributed by atoms with Crippen LogP contribution in [0.2, 0.25) is 0 Å². The third-order valence-electron chi connectivity index (χ3n) is 3.47. The Morgan fingerprint density at radius 1 is 1.33 bits per heavy atom. The van der Waals surface area contributed by atoms with Gasteiger partial charge in [-0.2, -0.15) is 4.31 Å². The van der Waals surface area contributed by atoms with E-state index in [1.54, 1.807) is 18.5 Å². The highest BCUT2D eigenvalue weighted by atomic mass is 32.2. The van der Waals surface area contributed by atoms with Crippen molar-refractivity contribution in [2.45, 2.75) is 58.0 Å². The summed E-state index contributed by atoms with van der Waals surface area (Å²) < 4.78 is 26.7. The van der Waals surface area contributed by atoms with Crippen LogP contribution in [0.1, 0.15) is 45.4 Å². The molecule has 0 radical (unpaired) electrons. The van der Waals surface area contributed by atoms with Crippen molar-refractivity contribution in [2.24, 2.45) is 5.92 Å². The fraction of sp³-hybridized carbons (Fsp3) is 0.733. The van der Waals surface area contributed by atoms with Crippen LogP contribution in [0.4, 0.5) is 0 Å². The minimum atomic E-state index is -3.38. The van der Waals surface area contributed by atoms with Gasteiger partial charge in [-0.3, -0.25) is 0 Å². The molecule has 0 spiro atoms. The van der Waals surface area contributed by atoms with E-state index < -0.39 is 10.0 Å². The van der Waals surface area contributed by atoms with Gasteiger partial charge in [0.2, 0.25) is 10.0 Å². The second-order valence-electron chi connectivity index (χ2n) is 5.93. The molecule has 0 fully saturated rings. The number of hydrogen-bond acceptors (Lipinski definition) is 4. The first-order chi connectivity index (χ1) is 9.78. The van der Waals surface area contributed by atoms with E-state index in [1.165, 1.54) is 15.6 Å². The van der Waals surface area contributed by atoms with Crippen molar-refractivity contribution in [3.05, 3.63) is 16.3 Å². The van der Waals surface area contributed by atoms with E-state index >= 15 is 0 Å². The zero-order valence-corrected chi connectivity index (χ0v) is 15.4. The lowest BCUT2D eigenvalue weighted by molar-refractivity contribution is 0.338. The summed E-state index contributed by atoms with van der Waals surface area (Å²) in [6, 6.07) is 1.80. The van der Waals surface area contributed by atoms with Gasteiger partial charge in [-0.05, 0) is 38.3 Å². The lowest BCUT2D eigenvalue weighted by atomic mass is 10.1. The zero-order valence-electron chi connectivity index (χ0n) is 13.7. The second-order valence-corrected chi connectivity index (χ2v) is 8.92. The van der Waals surface area contributed by atoms with Crippen LogP contribution >= 0.6 is 11.3 Å². The highest BCUT2D eigenvalue weighted by Crippen LogP contribution is 2.24. The Hall–Kier alpha value is -0.430. The van der Waals surface area contributed by atoms with Gasteiger partial charge in [-0.15, -0.1) is 11.3 Å². The molecule has 1 rings (SSSR count). The fourth-order valence-electron chi connectivity index (χ4n) is 2.21. The van der Waals surface area contributed by atoms with Crippen LogP contribution < -0.4 is 5.32 Å². The molecule has 0 saturated heterocycles. The highest BCUT2D eigenvalue weighted by molar-refractivity contribution is 7.89. The van der Waals surface area contributed by atoms with Crippen molar-refractivity contribution in [1.82, 2.24) is 9.62 Å². The van der Waals surface area contributed by atoms with E-state index in [9.17, 15) is 8.42 Å². The number of rotatable bonds is 9. The van der Waals surface area contributed by atoms with E-state index in [-0.39, 0.29) is 6.04 Å². The summed E-state index contributed by atoms with van der Waals surface area (Å²) in [5, 5.41) is 5.04. The molecular formula is C15H28N2O2S2. The molecular weight excluding hydrogens is 304 g/mol. The molecule has 122 valence electrons. The molecule has 1 unspecified atom stereocenters. The molecule has 1 heterocycles. The van der Waals surface area contributed by atoms with Crippen LogP contribution in [0.5, 0.6) is 0 Å². The normalized spacial score (nSPS) is 14.0. The van der Waals surface area contributed by atoms with E-state index in [2.05, 4.69) is 26.1 Å². The predicted molar refractivity (Wildman–Crippen MR) is 90.2 cm³/mol. The molecule has 6 heteroatoms. The summed E-state index contributed by atoms with van der Waals surface area (Å²) in [5.74, 6) is 0.480. The standard InChI is InChI=1S/C15H28N2O2S2/c1-6-7-16-10-14-9-15(11-20-14)21(18,19)17(5)13(4)8-12(2)3/h9,11-13,16H,6-8,10H2,1-5H3. The molecule has 0 amide bonds. The molecule has 0 aromatic carbocycles. The molecule has 1 aromatic heterocycles. The highest BCUT2D eigenvalue weighted by Gasteiger charge is 2.26. The van der Waals surface area contributed by atoms with Crippen molar-refractivity contribution in [2.75, 3.05) is 13.6 Å². The number of nitrogens with one attached hydrogen (secondary N) is 1. The Labute approximate surface area is 133 Å². The first-order valence-corrected chi connectivity index (χ1v) is 9.87. The Kier molecular flexibility index (Phi) is 7.33. The van der Waals surface area contributed by atoms with Gasteiger partial charge in [-0.25, -0.2) is 8.42 Å². The summed E-state index contributed by atoms with van der Waals surface area (Å²) in [6.45, 7) is 9.98. The topological polar surface area (TPSA) is 49.4 Å². The Morgan fingerprint density at radius 3 is 2.57 bits per heavy atom. The van der Waals surface area contributed by atoms with E-state index in [0.29, 0.717) is 10.8 Å². The third kappa shape index (κ3) is 5.36. The number of hydrogen-bond donors (Lipinski definition) is 1. The monoisotopic (exact) mass is 332 g/mol. The number of sulfonamides is 1. The van der Waals surface area contributed by atoms with Crippen molar-refractivity contribution in [1.29, 1.82) is 0 Å². The molecule has 1 N–H and O–H groups in total. The van der Waals surface area contributed by atoms with Gasteiger partial charge in [-0.1, -0.05) is 20.8 Å². The minimum Gasteiger partial charge on any atom is -0.312 e. The summed E-state index contributed by atoms with van der Waals surface area (Å²) in [7, 11) is -1.70. The maximum absolute atomic E-state index is 12.6. The predicted octanol–water partition coefficient (Wildman–Crippen LogP) is 3.30. The van der Waals surface area contributed by atoms with Crippen molar-refractivity contribution in [3.8, 4) is 0 Å². The molecule has 0 aliphatic rings. The van der Waals surface area contributed by atoms with Gasteiger partial charge < -0.3 is 5.32 Å². The third-order valence-corrected chi connectivity index (χ3v) is 6.50. The summed E-state index contributed by atoms with van der Waals surface area (Å²) >= 11 is 1.50. The van der Waals surface area contributed by atoms with Gasteiger partial charge in [0.25, 0.3) is 0 Å². The zero-order chi connectivity index (χ0) is 16.0. The van der Waals surface area contributed by atoms with Crippen molar-refractivity contribution < 1.29 is 8.42 Å². The first kappa shape index (κ1) is 18.6. The lowest BCUT2D eigenvalue weighted by Gasteiger charge is -2.25. The van der Waals surface area contributed by atoms with Gasteiger partial charge in [0.05, 0.1) is 4.90 Å². The van der Waals surface area contributed by atoms with E-state index in [4.69, 9.17) is 0 Å². The summed E-state index contributed by atoms with van der Waals surface area (Å²) in [4.78, 5) is 1.48. The average Bonchev–Trinajstić information content (AvgIpc) is 2.86. The maximum Gasteiger partial charge on any atom is 0.243 e. The Bertz CT molecular complexity index is 524. The van der Waals surface area contributed by atoms with Crippen LogP contribution in [0.25, 0.3) is 0 Å². The van der Waals surface area contributed by atoms with Crippen LogP contribution in [-0.2, 0) is 16.6 Å². The molecule has 0 saturated carbocycles. The van der Waals surface area contributed by atoms with Crippen LogP contribution in [-0.4, -0.2) is 32.4 Å². The number of thiophene rings is 1. The number of nitrogens with zero attached hydrogens (tertiary/aromatic N) is 1. The molecule has 1 aromatic rings. The van der Waals surface area contributed by atoms with Crippen LogP contribution in [0.15, 0.2) is 16.3 Å². The van der Waals surface area contributed by atoms with Crippen LogP contribution in [0.3, 0.4) is 0 Å².